The number of nitrogens with one attached hydrogen (secondary N) is 2. The van der Waals surface area contributed by atoms with E-state index in [1.54, 1.807) is 0 Å². The normalized spacial score (nSPS) is 16.8. The minimum Gasteiger partial charge on any atom is -0.381 e. The van der Waals surface area contributed by atoms with E-state index in [2.05, 4.69) is 22.8 Å². The molecule has 130 valence electrons. The van der Waals surface area contributed by atoms with Gasteiger partial charge in [-0.2, -0.15) is 0 Å². The van der Waals surface area contributed by atoms with Crippen molar-refractivity contribution in [3.8, 4) is 0 Å². The number of benzene rings is 1. The van der Waals surface area contributed by atoms with E-state index in [4.69, 9.17) is 4.74 Å². The minimum absolute atomic E-state index is 0. The van der Waals surface area contributed by atoms with Gasteiger partial charge < -0.3 is 15.4 Å². The molecule has 1 aliphatic rings. The van der Waals surface area contributed by atoms with Crippen LogP contribution >= 0.6 is 12.4 Å². The van der Waals surface area contributed by atoms with Gasteiger partial charge in [0, 0.05) is 19.6 Å². The molecule has 1 fully saturated rings. The lowest BCUT2D eigenvalue weighted by Gasteiger charge is -2.09. The molecule has 0 bridgehead atoms. The molecule has 23 heavy (non-hydrogen) atoms. The van der Waals surface area contributed by atoms with Crippen LogP contribution in [0.25, 0.3) is 0 Å². The Labute approximate surface area is 145 Å². The van der Waals surface area contributed by atoms with Gasteiger partial charge in [0.25, 0.3) is 0 Å². The van der Waals surface area contributed by atoms with Crippen LogP contribution in [0.5, 0.6) is 0 Å². The summed E-state index contributed by atoms with van der Waals surface area (Å²) >= 11 is 0. The number of rotatable bonds is 10. The molecule has 0 aliphatic carbocycles. The Hall–Kier alpha value is -1.10. The van der Waals surface area contributed by atoms with Crippen molar-refractivity contribution in [1.29, 1.82) is 0 Å². The van der Waals surface area contributed by atoms with Gasteiger partial charge in [0.1, 0.15) is 0 Å². The molecular weight excluding hydrogens is 312 g/mol. The summed E-state index contributed by atoms with van der Waals surface area (Å²) in [6.45, 7) is 4.41. The molecule has 1 saturated heterocycles. The number of ether oxygens (including phenoxy) is 1. The molecule has 1 amide bonds. The van der Waals surface area contributed by atoms with Gasteiger partial charge in [0.05, 0.1) is 6.61 Å². The highest BCUT2D eigenvalue weighted by atomic mass is 35.5. The molecule has 5 heteroatoms. The van der Waals surface area contributed by atoms with Crippen LogP contribution in [0.15, 0.2) is 30.3 Å². The highest BCUT2D eigenvalue weighted by Crippen LogP contribution is 2.10. The fraction of sp³-hybridized carbons (Fsp3) is 0.611. The third-order valence-corrected chi connectivity index (χ3v) is 4.11. The second-order valence-corrected chi connectivity index (χ2v) is 5.95. The maximum atomic E-state index is 11.7. The van der Waals surface area contributed by atoms with Crippen molar-refractivity contribution in [3.05, 3.63) is 35.9 Å². The number of carbonyl (C=O) groups excluding carboxylic acids is 1. The predicted molar refractivity (Wildman–Crippen MR) is 96.1 cm³/mol. The zero-order valence-electron chi connectivity index (χ0n) is 13.8. The first kappa shape index (κ1) is 19.9. The molecule has 2 rings (SSSR count). The Bertz CT molecular complexity index is 422. The highest BCUT2D eigenvalue weighted by molar-refractivity contribution is 5.85. The molecule has 4 nitrogen and oxygen atoms in total. The van der Waals surface area contributed by atoms with E-state index in [0.29, 0.717) is 13.0 Å². The predicted octanol–water partition coefficient (Wildman–Crippen LogP) is 2.56. The van der Waals surface area contributed by atoms with Gasteiger partial charge in [-0.25, -0.2) is 0 Å². The number of carbonyl (C=O) groups is 1. The van der Waals surface area contributed by atoms with Crippen LogP contribution in [0.2, 0.25) is 0 Å². The quantitative estimate of drug-likeness (QED) is 0.644. The van der Waals surface area contributed by atoms with Crippen LogP contribution in [0, 0.1) is 5.92 Å². The van der Waals surface area contributed by atoms with Crippen LogP contribution < -0.4 is 10.6 Å². The van der Waals surface area contributed by atoms with Crippen molar-refractivity contribution in [1.82, 2.24) is 10.6 Å². The van der Waals surface area contributed by atoms with Crippen LogP contribution in [0.1, 0.15) is 31.2 Å². The van der Waals surface area contributed by atoms with Crippen molar-refractivity contribution in [2.45, 2.75) is 32.1 Å². The maximum Gasteiger partial charge on any atom is 0.220 e. The molecule has 1 unspecified atom stereocenters. The molecule has 1 aliphatic heterocycles. The molecule has 0 radical (unpaired) electrons. The number of hydrogen-bond acceptors (Lipinski definition) is 3. The SMILES string of the molecule is Cl.O=C(CCCOCCc1ccccc1)NCCC1CCNC1. The zero-order chi connectivity index (χ0) is 15.5. The van der Waals surface area contributed by atoms with Gasteiger partial charge in [0.15, 0.2) is 0 Å². The topological polar surface area (TPSA) is 50.4 Å². The summed E-state index contributed by atoms with van der Waals surface area (Å²) in [7, 11) is 0. The van der Waals surface area contributed by atoms with E-state index < -0.39 is 0 Å². The smallest absolute Gasteiger partial charge is 0.220 e. The first-order valence-corrected chi connectivity index (χ1v) is 8.43. The zero-order valence-corrected chi connectivity index (χ0v) is 14.6. The lowest BCUT2D eigenvalue weighted by atomic mass is 10.1. The van der Waals surface area contributed by atoms with Gasteiger partial charge in [0.2, 0.25) is 5.91 Å². The summed E-state index contributed by atoms with van der Waals surface area (Å²) in [4.78, 5) is 11.7. The van der Waals surface area contributed by atoms with Gasteiger partial charge >= 0.3 is 0 Å². The molecule has 0 aromatic heterocycles. The number of amides is 1. The van der Waals surface area contributed by atoms with Crippen molar-refractivity contribution >= 4 is 18.3 Å². The van der Waals surface area contributed by atoms with Gasteiger partial charge in [-0.05, 0) is 50.3 Å². The van der Waals surface area contributed by atoms with Crippen molar-refractivity contribution in [3.63, 3.8) is 0 Å². The van der Waals surface area contributed by atoms with E-state index in [-0.39, 0.29) is 18.3 Å². The Morgan fingerprint density at radius 2 is 2.09 bits per heavy atom. The third-order valence-electron chi connectivity index (χ3n) is 4.11. The Balaban J connectivity index is 0.00000264. The fourth-order valence-corrected chi connectivity index (χ4v) is 2.74. The van der Waals surface area contributed by atoms with Crippen LogP contribution in [0.3, 0.4) is 0 Å². The van der Waals surface area contributed by atoms with Gasteiger partial charge in [-0.1, -0.05) is 30.3 Å². The monoisotopic (exact) mass is 340 g/mol. The second kappa shape index (κ2) is 12.3. The van der Waals surface area contributed by atoms with Crippen LogP contribution in [-0.2, 0) is 16.0 Å². The van der Waals surface area contributed by atoms with Crippen LogP contribution in [0.4, 0.5) is 0 Å². The Morgan fingerprint density at radius 1 is 1.26 bits per heavy atom. The summed E-state index contributed by atoms with van der Waals surface area (Å²) in [6.07, 6.45) is 4.62. The minimum atomic E-state index is 0. The molecule has 0 spiro atoms. The van der Waals surface area contributed by atoms with Gasteiger partial charge in [-0.15, -0.1) is 12.4 Å². The second-order valence-electron chi connectivity index (χ2n) is 5.95. The molecule has 1 aromatic carbocycles. The number of hydrogen-bond donors (Lipinski definition) is 2. The average molecular weight is 341 g/mol. The van der Waals surface area contributed by atoms with E-state index in [0.717, 1.165) is 51.4 Å². The molecule has 2 N–H and O–H groups in total. The first-order valence-electron chi connectivity index (χ1n) is 8.43. The van der Waals surface area contributed by atoms with Crippen molar-refractivity contribution < 1.29 is 9.53 Å². The van der Waals surface area contributed by atoms with E-state index >= 15 is 0 Å². The summed E-state index contributed by atoms with van der Waals surface area (Å²) in [5, 5.41) is 6.35. The lowest BCUT2D eigenvalue weighted by Crippen LogP contribution is -2.26. The molecular formula is C18H29ClN2O2. The van der Waals surface area contributed by atoms with Crippen molar-refractivity contribution in [2.24, 2.45) is 5.92 Å². The molecule has 1 heterocycles. The molecule has 1 atom stereocenters. The summed E-state index contributed by atoms with van der Waals surface area (Å²) in [5.41, 5.74) is 1.29. The molecule has 0 saturated carbocycles. The largest absolute Gasteiger partial charge is 0.381 e. The standard InChI is InChI=1S/C18H28N2O2.ClH/c21-18(20-12-9-17-8-11-19-15-17)7-4-13-22-14-10-16-5-2-1-3-6-16;/h1-3,5-6,17,19H,4,7-15H2,(H,20,21);1H. The van der Waals surface area contributed by atoms with Crippen LogP contribution in [-0.4, -0.2) is 38.8 Å². The van der Waals surface area contributed by atoms with E-state index in [9.17, 15) is 4.79 Å². The van der Waals surface area contributed by atoms with Gasteiger partial charge in [-0.3, -0.25) is 4.79 Å². The number of halogens is 1. The summed E-state index contributed by atoms with van der Waals surface area (Å²) in [5.74, 6) is 0.888. The maximum absolute atomic E-state index is 11.7. The summed E-state index contributed by atoms with van der Waals surface area (Å²) in [6, 6.07) is 10.3. The third kappa shape index (κ3) is 8.94. The van der Waals surface area contributed by atoms with Crippen molar-refractivity contribution in [2.75, 3.05) is 32.8 Å². The fourth-order valence-electron chi connectivity index (χ4n) is 2.74. The van der Waals surface area contributed by atoms with E-state index in [1.165, 1.54) is 12.0 Å². The summed E-state index contributed by atoms with van der Waals surface area (Å²) < 4.78 is 5.59. The average Bonchev–Trinajstić information content (AvgIpc) is 3.05. The first-order chi connectivity index (χ1) is 10.8. The lowest BCUT2D eigenvalue weighted by molar-refractivity contribution is -0.121. The Kier molecular flexibility index (Phi) is 10.7. The Morgan fingerprint density at radius 3 is 2.83 bits per heavy atom. The molecule has 1 aromatic rings. The highest BCUT2D eigenvalue weighted by Gasteiger charge is 2.13. The van der Waals surface area contributed by atoms with E-state index in [1.807, 2.05) is 18.2 Å².